The monoisotopic (exact) mass is 188 g/mol. The first-order valence-corrected chi connectivity index (χ1v) is 5.55. The van der Waals surface area contributed by atoms with Gasteiger partial charge in [-0.15, -0.1) is 11.3 Å². The van der Waals surface area contributed by atoms with Crippen molar-refractivity contribution in [1.82, 2.24) is 4.98 Å². The van der Waals surface area contributed by atoms with Crippen LogP contribution in [0.25, 0.3) is 0 Å². The number of rotatable bonds is 4. The van der Waals surface area contributed by atoms with Crippen molar-refractivity contribution in [3.05, 3.63) is 16.1 Å². The van der Waals surface area contributed by atoms with Gasteiger partial charge in [0.15, 0.2) is 0 Å². The lowest BCUT2D eigenvalue weighted by Gasteiger charge is -1.96. The summed E-state index contributed by atoms with van der Waals surface area (Å²) < 4.78 is 0. The molecule has 0 atom stereocenters. The van der Waals surface area contributed by atoms with Crippen LogP contribution >= 0.6 is 23.1 Å². The molecule has 0 radical (unpaired) electrons. The van der Waals surface area contributed by atoms with E-state index in [0.717, 1.165) is 18.1 Å². The topological polar surface area (TPSA) is 38.9 Å². The third kappa shape index (κ3) is 2.81. The molecule has 2 nitrogen and oxygen atoms in total. The summed E-state index contributed by atoms with van der Waals surface area (Å²) in [5.41, 5.74) is 8.44. The van der Waals surface area contributed by atoms with Crippen molar-refractivity contribution in [2.45, 2.75) is 12.7 Å². The second-order valence-electron chi connectivity index (χ2n) is 2.20. The fourth-order valence-corrected chi connectivity index (χ4v) is 2.50. The molecule has 0 saturated heterocycles. The van der Waals surface area contributed by atoms with Gasteiger partial charge in [-0.2, -0.15) is 11.8 Å². The van der Waals surface area contributed by atoms with Crippen LogP contribution in [0, 0.1) is 6.92 Å². The Morgan fingerprint density at radius 2 is 2.55 bits per heavy atom. The van der Waals surface area contributed by atoms with Crippen molar-refractivity contribution < 1.29 is 0 Å². The lowest BCUT2D eigenvalue weighted by atomic mass is 10.4. The van der Waals surface area contributed by atoms with E-state index < -0.39 is 0 Å². The van der Waals surface area contributed by atoms with Crippen LogP contribution in [0.5, 0.6) is 0 Å². The van der Waals surface area contributed by atoms with Crippen LogP contribution < -0.4 is 5.73 Å². The zero-order valence-corrected chi connectivity index (χ0v) is 8.17. The van der Waals surface area contributed by atoms with Gasteiger partial charge in [0.2, 0.25) is 0 Å². The molecule has 0 aliphatic carbocycles. The summed E-state index contributed by atoms with van der Waals surface area (Å²) in [6.45, 7) is 2.82. The minimum absolute atomic E-state index is 0.766. The number of nitrogens with zero attached hydrogens (tertiary/aromatic N) is 1. The highest BCUT2D eigenvalue weighted by atomic mass is 32.2. The summed E-state index contributed by atoms with van der Waals surface area (Å²) in [6.07, 6.45) is 0. The average molecular weight is 188 g/mol. The number of aromatic nitrogens is 1. The summed E-state index contributed by atoms with van der Waals surface area (Å²) in [5, 5.41) is 0. The van der Waals surface area contributed by atoms with Gasteiger partial charge in [-0.25, -0.2) is 4.98 Å². The van der Waals surface area contributed by atoms with E-state index in [0.29, 0.717) is 0 Å². The summed E-state index contributed by atoms with van der Waals surface area (Å²) >= 11 is 3.60. The molecular weight excluding hydrogens is 176 g/mol. The number of thioether (sulfide) groups is 1. The largest absolute Gasteiger partial charge is 0.330 e. The number of hydrogen-bond donors (Lipinski definition) is 1. The molecule has 0 aromatic carbocycles. The molecule has 0 aliphatic heterocycles. The highest BCUT2D eigenvalue weighted by Gasteiger charge is 1.99. The molecule has 0 saturated carbocycles. The Labute approximate surface area is 75.2 Å². The van der Waals surface area contributed by atoms with Gasteiger partial charge in [-0.1, -0.05) is 0 Å². The van der Waals surface area contributed by atoms with E-state index in [9.17, 15) is 0 Å². The Hall–Kier alpha value is -0.0600. The maximum Gasteiger partial charge on any atom is 0.0797 e. The van der Waals surface area contributed by atoms with Crippen LogP contribution in [-0.2, 0) is 5.75 Å². The maximum absolute atomic E-state index is 5.37. The fourth-order valence-electron chi connectivity index (χ4n) is 0.713. The van der Waals surface area contributed by atoms with Crippen molar-refractivity contribution in [3.8, 4) is 0 Å². The van der Waals surface area contributed by atoms with Gasteiger partial charge in [-0.05, 0) is 6.92 Å². The third-order valence-electron chi connectivity index (χ3n) is 1.34. The van der Waals surface area contributed by atoms with Gasteiger partial charge in [0.05, 0.1) is 11.2 Å². The predicted octanol–water partition coefficient (Wildman–Crippen LogP) is 1.64. The molecule has 4 heteroatoms. The van der Waals surface area contributed by atoms with E-state index in [1.54, 1.807) is 11.3 Å². The molecule has 0 aliphatic rings. The molecule has 0 spiro atoms. The SMILES string of the molecule is Cc1ncsc1CSCCN. The summed E-state index contributed by atoms with van der Waals surface area (Å²) in [6, 6.07) is 0. The van der Waals surface area contributed by atoms with Crippen molar-refractivity contribution in [2.24, 2.45) is 5.73 Å². The van der Waals surface area contributed by atoms with Crippen molar-refractivity contribution in [3.63, 3.8) is 0 Å². The average Bonchev–Trinajstić information content (AvgIpc) is 2.37. The van der Waals surface area contributed by atoms with E-state index in [1.807, 2.05) is 17.3 Å². The van der Waals surface area contributed by atoms with Crippen LogP contribution in [0.4, 0.5) is 0 Å². The lowest BCUT2D eigenvalue weighted by Crippen LogP contribution is -2.01. The van der Waals surface area contributed by atoms with E-state index >= 15 is 0 Å². The molecule has 0 bridgehead atoms. The molecule has 0 amide bonds. The fraction of sp³-hybridized carbons (Fsp3) is 0.571. The first-order valence-electron chi connectivity index (χ1n) is 3.51. The highest BCUT2D eigenvalue weighted by molar-refractivity contribution is 7.98. The molecule has 1 aromatic rings. The molecule has 1 rings (SSSR count). The molecular formula is C7H12N2S2. The maximum atomic E-state index is 5.37. The van der Waals surface area contributed by atoms with Gasteiger partial charge in [0, 0.05) is 22.9 Å². The molecule has 11 heavy (non-hydrogen) atoms. The van der Waals surface area contributed by atoms with Crippen LogP contribution in [0.2, 0.25) is 0 Å². The first-order chi connectivity index (χ1) is 5.34. The van der Waals surface area contributed by atoms with Crippen LogP contribution in [0.3, 0.4) is 0 Å². The molecule has 62 valence electrons. The Bertz CT molecular complexity index is 210. The zero-order valence-electron chi connectivity index (χ0n) is 6.54. The molecule has 1 aromatic heterocycles. The summed E-state index contributed by atoms with van der Waals surface area (Å²) in [7, 11) is 0. The Kier molecular flexibility index (Phi) is 3.90. The standard InChI is InChI=1S/C7H12N2S2/c1-6-7(11-5-9-6)4-10-3-2-8/h5H,2-4,8H2,1H3. The minimum Gasteiger partial charge on any atom is -0.330 e. The third-order valence-corrected chi connectivity index (χ3v) is 3.48. The second kappa shape index (κ2) is 4.74. The van der Waals surface area contributed by atoms with Crippen molar-refractivity contribution >= 4 is 23.1 Å². The molecule has 1 heterocycles. The quantitative estimate of drug-likeness (QED) is 0.730. The van der Waals surface area contributed by atoms with Crippen molar-refractivity contribution in [1.29, 1.82) is 0 Å². The van der Waals surface area contributed by atoms with E-state index in [4.69, 9.17) is 5.73 Å². The highest BCUT2D eigenvalue weighted by Crippen LogP contribution is 2.18. The van der Waals surface area contributed by atoms with Gasteiger partial charge in [-0.3, -0.25) is 0 Å². The smallest absolute Gasteiger partial charge is 0.0797 e. The van der Waals surface area contributed by atoms with Crippen LogP contribution in [0.15, 0.2) is 5.51 Å². The van der Waals surface area contributed by atoms with Gasteiger partial charge in [0.25, 0.3) is 0 Å². The molecule has 2 N–H and O–H groups in total. The number of aryl methyl sites for hydroxylation is 1. The lowest BCUT2D eigenvalue weighted by molar-refractivity contribution is 1.15. The normalized spacial score (nSPS) is 10.4. The summed E-state index contributed by atoms with van der Waals surface area (Å²) in [5.74, 6) is 2.10. The predicted molar refractivity (Wildman–Crippen MR) is 52.1 cm³/mol. The zero-order chi connectivity index (χ0) is 8.10. The van der Waals surface area contributed by atoms with E-state index in [-0.39, 0.29) is 0 Å². The summed E-state index contributed by atoms with van der Waals surface area (Å²) in [4.78, 5) is 5.55. The number of nitrogens with two attached hydrogens (primary N) is 1. The minimum atomic E-state index is 0.766. The van der Waals surface area contributed by atoms with Gasteiger partial charge >= 0.3 is 0 Å². The van der Waals surface area contributed by atoms with E-state index in [1.165, 1.54) is 10.6 Å². The Morgan fingerprint density at radius 3 is 3.09 bits per heavy atom. The molecule has 0 fully saturated rings. The number of thiazole rings is 1. The van der Waals surface area contributed by atoms with Crippen LogP contribution in [-0.4, -0.2) is 17.3 Å². The Morgan fingerprint density at radius 1 is 1.73 bits per heavy atom. The van der Waals surface area contributed by atoms with Crippen molar-refractivity contribution in [2.75, 3.05) is 12.3 Å². The van der Waals surface area contributed by atoms with Crippen LogP contribution in [0.1, 0.15) is 10.6 Å². The number of hydrogen-bond acceptors (Lipinski definition) is 4. The second-order valence-corrected chi connectivity index (χ2v) is 4.25. The van der Waals surface area contributed by atoms with Gasteiger partial charge < -0.3 is 5.73 Å². The van der Waals surface area contributed by atoms with Gasteiger partial charge in [0.1, 0.15) is 0 Å². The molecule has 0 unspecified atom stereocenters. The Balaban J connectivity index is 2.32. The van der Waals surface area contributed by atoms with E-state index in [2.05, 4.69) is 11.9 Å². The first kappa shape index (κ1) is 9.03.